The topological polar surface area (TPSA) is 84.3 Å². The molecule has 0 spiro atoms. The van der Waals surface area contributed by atoms with E-state index in [9.17, 15) is 18.0 Å². The fraction of sp³-hybridized carbons (Fsp3) is 0.750. The van der Waals surface area contributed by atoms with Crippen molar-refractivity contribution in [3.8, 4) is 5.19 Å². The Bertz CT molecular complexity index is 462. The summed E-state index contributed by atoms with van der Waals surface area (Å²) in [7, 11) is 0. The zero-order valence-corrected chi connectivity index (χ0v) is 12.8. The molecule has 1 unspecified atom stereocenters. The Morgan fingerprint density at radius 3 is 2.59 bits per heavy atom. The molecule has 2 rings (SSSR count). The van der Waals surface area contributed by atoms with Crippen molar-refractivity contribution in [2.24, 2.45) is 0 Å². The summed E-state index contributed by atoms with van der Waals surface area (Å²) in [6.07, 6.45) is 0.945. The van der Waals surface area contributed by atoms with Gasteiger partial charge < -0.3 is 15.2 Å². The van der Waals surface area contributed by atoms with Crippen molar-refractivity contribution in [3.05, 3.63) is 5.01 Å². The zero-order valence-electron chi connectivity index (χ0n) is 12.0. The predicted molar refractivity (Wildman–Crippen MR) is 74.0 cm³/mol. The maximum atomic E-state index is 11.9. The Labute approximate surface area is 129 Å². The van der Waals surface area contributed by atoms with Gasteiger partial charge in [-0.15, -0.1) is 5.10 Å². The van der Waals surface area contributed by atoms with Gasteiger partial charge in [-0.25, -0.2) is 4.79 Å². The molecule has 1 aromatic rings. The second kappa shape index (κ2) is 8.89. The van der Waals surface area contributed by atoms with E-state index in [4.69, 9.17) is 5.11 Å². The van der Waals surface area contributed by atoms with Crippen molar-refractivity contribution in [1.82, 2.24) is 15.5 Å². The van der Waals surface area contributed by atoms with Crippen LogP contribution in [0.3, 0.4) is 0 Å². The minimum atomic E-state index is -4.58. The highest BCUT2D eigenvalue weighted by molar-refractivity contribution is 7.13. The first-order valence-electron chi connectivity index (χ1n) is 6.81. The van der Waals surface area contributed by atoms with Gasteiger partial charge in [0.2, 0.25) is 5.01 Å². The molecule has 0 radical (unpaired) electrons. The lowest BCUT2D eigenvalue weighted by Crippen LogP contribution is -2.32. The highest BCUT2D eigenvalue weighted by atomic mass is 32.1. The third-order valence-corrected chi connectivity index (χ3v) is 3.75. The summed E-state index contributed by atoms with van der Waals surface area (Å²) < 4.78 is 40.2. The summed E-state index contributed by atoms with van der Waals surface area (Å²) in [6, 6.07) is 0.837. The molecule has 1 fully saturated rings. The van der Waals surface area contributed by atoms with Crippen LogP contribution in [0.15, 0.2) is 0 Å². The van der Waals surface area contributed by atoms with Crippen LogP contribution >= 0.6 is 11.3 Å². The zero-order chi connectivity index (χ0) is 16.6. The number of carboxylic acid groups (broad SMARTS) is 1. The van der Waals surface area contributed by atoms with Crippen LogP contribution in [0.4, 0.5) is 13.2 Å². The van der Waals surface area contributed by atoms with Gasteiger partial charge >= 0.3 is 12.1 Å². The fourth-order valence-electron chi connectivity index (χ4n) is 1.78. The maximum absolute atomic E-state index is 11.9. The van der Waals surface area contributed by atoms with E-state index in [0.717, 1.165) is 6.04 Å². The largest absolute Gasteiger partial charge is 0.479 e. The molecule has 1 aromatic heterocycles. The number of carbonyl (C=O) groups is 1. The lowest BCUT2D eigenvalue weighted by Gasteiger charge is -2.21. The van der Waals surface area contributed by atoms with Gasteiger partial charge in [-0.3, -0.25) is 0 Å². The van der Waals surface area contributed by atoms with Crippen molar-refractivity contribution in [1.29, 1.82) is 0 Å². The third kappa shape index (κ3) is 7.03. The summed E-state index contributed by atoms with van der Waals surface area (Å²) in [6.45, 7) is 2.76. The quantitative estimate of drug-likeness (QED) is 0.876. The van der Waals surface area contributed by atoms with E-state index < -0.39 is 29.0 Å². The molecule has 0 saturated carbocycles. The predicted octanol–water partition coefficient (Wildman–Crippen LogP) is 2.56. The second-order valence-corrected chi connectivity index (χ2v) is 5.55. The van der Waals surface area contributed by atoms with Crippen LogP contribution in [-0.2, 0) is 11.0 Å². The maximum Gasteiger partial charge on any atom is 0.445 e. The molecular formula is C12H18F3N3O3S. The van der Waals surface area contributed by atoms with E-state index in [1.54, 1.807) is 0 Å². The van der Waals surface area contributed by atoms with Crippen molar-refractivity contribution in [2.45, 2.75) is 44.8 Å². The van der Waals surface area contributed by atoms with Crippen molar-refractivity contribution >= 4 is 17.3 Å². The normalized spacial score (nSPS) is 18.3. The van der Waals surface area contributed by atoms with Crippen LogP contribution in [0, 0.1) is 0 Å². The number of hydrogen-bond acceptors (Lipinski definition) is 6. The number of rotatable bonds is 4. The smallest absolute Gasteiger partial charge is 0.445 e. The monoisotopic (exact) mass is 341 g/mol. The van der Waals surface area contributed by atoms with Crippen molar-refractivity contribution < 1.29 is 27.8 Å². The minimum absolute atomic E-state index is 0.149. The van der Waals surface area contributed by atoms with Crippen LogP contribution in [0.25, 0.3) is 0 Å². The Balaban J connectivity index is 0.000000255. The summed E-state index contributed by atoms with van der Waals surface area (Å²) >= 11 is 0.149. The number of aromatic nitrogens is 2. The number of nitrogens with zero attached hydrogens (tertiary/aromatic N) is 2. The number of piperidine rings is 1. The molecule has 6 nitrogen and oxygen atoms in total. The first-order valence-corrected chi connectivity index (χ1v) is 7.63. The fourth-order valence-corrected chi connectivity index (χ4v) is 2.34. The lowest BCUT2D eigenvalue weighted by atomic mass is 10.0. The Morgan fingerprint density at radius 1 is 1.45 bits per heavy atom. The molecule has 1 aliphatic rings. The minimum Gasteiger partial charge on any atom is -0.479 e. The van der Waals surface area contributed by atoms with E-state index in [0.29, 0.717) is 0 Å². The standard InChI is InChI=1S/C7H15N.C5H3F3N2O3S/c1-2-7-5-3-4-6-8-7;6-5(7,8)3-9-10-4(14-3)13-1-2(11)12/h7-8H,2-6H2,1H3;1H2,(H,11,12). The summed E-state index contributed by atoms with van der Waals surface area (Å²) in [5, 5.41) is 15.8. The molecule has 0 aliphatic carbocycles. The number of alkyl halides is 3. The van der Waals surface area contributed by atoms with Crippen LogP contribution in [0.2, 0.25) is 0 Å². The Morgan fingerprint density at radius 2 is 2.18 bits per heavy atom. The summed E-state index contributed by atoms with van der Waals surface area (Å²) in [4.78, 5) is 9.99. The highest BCUT2D eigenvalue weighted by Crippen LogP contribution is 2.33. The third-order valence-electron chi connectivity index (χ3n) is 2.87. The summed E-state index contributed by atoms with van der Waals surface area (Å²) in [5.74, 6) is -1.30. The van der Waals surface area contributed by atoms with Gasteiger partial charge in [0.05, 0.1) is 0 Å². The number of hydrogen-bond donors (Lipinski definition) is 2. The number of ether oxygens (including phenoxy) is 1. The van der Waals surface area contributed by atoms with Crippen LogP contribution in [-0.4, -0.2) is 40.5 Å². The number of aliphatic carboxylic acids is 1. The molecule has 22 heavy (non-hydrogen) atoms. The molecule has 0 aromatic carbocycles. The van der Waals surface area contributed by atoms with E-state index in [-0.39, 0.29) is 11.3 Å². The van der Waals surface area contributed by atoms with Gasteiger partial charge in [-0.05, 0) is 25.8 Å². The Hall–Kier alpha value is -1.42. The van der Waals surface area contributed by atoms with E-state index in [2.05, 4.69) is 27.2 Å². The van der Waals surface area contributed by atoms with Gasteiger partial charge in [0.15, 0.2) is 6.61 Å². The molecule has 0 bridgehead atoms. The molecule has 2 heterocycles. The SMILES string of the molecule is CCC1CCCCN1.O=C(O)COc1nnc(C(F)(F)F)s1. The lowest BCUT2D eigenvalue weighted by molar-refractivity contribution is -0.139. The molecule has 0 amide bonds. The van der Waals surface area contributed by atoms with Crippen molar-refractivity contribution in [3.63, 3.8) is 0 Å². The molecule has 1 aliphatic heterocycles. The molecule has 2 N–H and O–H groups in total. The van der Waals surface area contributed by atoms with Gasteiger partial charge in [0.1, 0.15) is 0 Å². The van der Waals surface area contributed by atoms with E-state index in [1.807, 2.05) is 0 Å². The molecule has 1 saturated heterocycles. The molecular weight excluding hydrogens is 323 g/mol. The van der Waals surface area contributed by atoms with Gasteiger partial charge in [-0.1, -0.05) is 29.8 Å². The average Bonchev–Trinajstić information content (AvgIpc) is 2.96. The number of nitrogens with one attached hydrogen (secondary N) is 1. The van der Waals surface area contributed by atoms with Crippen LogP contribution < -0.4 is 10.1 Å². The number of halogens is 3. The Kier molecular flexibility index (Phi) is 7.52. The highest BCUT2D eigenvalue weighted by Gasteiger charge is 2.36. The molecule has 10 heteroatoms. The summed E-state index contributed by atoms with van der Waals surface area (Å²) in [5.41, 5.74) is 0. The molecule has 126 valence electrons. The second-order valence-electron chi connectivity index (χ2n) is 4.61. The van der Waals surface area contributed by atoms with Gasteiger partial charge in [-0.2, -0.15) is 13.2 Å². The first-order chi connectivity index (χ1) is 10.3. The molecule has 1 atom stereocenters. The average molecular weight is 341 g/mol. The van der Waals surface area contributed by atoms with Gasteiger partial charge in [0, 0.05) is 6.04 Å². The van der Waals surface area contributed by atoms with Gasteiger partial charge in [0.25, 0.3) is 5.19 Å². The van der Waals surface area contributed by atoms with E-state index in [1.165, 1.54) is 32.2 Å². The van der Waals surface area contributed by atoms with Crippen LogP contribution in [0.5, 0.6) is 5.19 Å². The van der Waals surface area contributed by atoms with Crippen LogP contribution in [0.1, 0.15) is 37.6 Å². The number of carboxylic acids is 1. The first kappa shape index (κ1) is 18.6. The van der Waals surface area contributed by atoms with E-state index >= 15 is 0 Å². The van der Waals surface area contributed by atoms with Crippen molar-refractivity contribution in [2.75, 3.05) is 13.2 Å².